The largest absolute Gasteiger partial charge is 0.496 e. The van der Waals surface area contributed by atoms with Gasteiger partial charge in [0.05, 0.1) is 48.1 Å². The minimum atomic E-state index is -4.64. The number of nitrogens with zero attached hydrogens (tertiary/aromatic N) is 2. The molecule has 4 aromatic rings. The second-order valence-electron chi connectivity index (χ2n) is 14.3. The van der Waals surface area contributed by atoms with Gasteiger partial charge in [-0.1, -0.05) is 54.1 Å². The van der Waals surface area contributed by atoms with Gasteiger partial charge in [-0.3, -0.25) is 14.5 Å². The molecule has 1 aliphatic carbocycles. The highest BCUT2D eigenvalue weighted by molar-refractivity contribution is 6.36. The molecule has 3 aromatic carbocycles. The molecule has 0 saturated carbocycles. The lowest BCUT2D eigenvalue weighted by molar-refractivity contribution is -0.141. The van der Waals surface area contributed by atoms with Gasteiger partial charge in [0.15, 0.2) is 0 Å². The number of hydrogen-bond donors (Lipinski definition) is 4. The molecular formula is C41H43ClF3N5O5. The maximum Gasteiger partial charge on any atom is 0.418 e. The molecule has 3 aliphatic rings. The highest BCUT2D eigenvalue weighted by atomic mass is 35.5. The van der Waals surface area contributed by atoms with Crippen molar-refractivity contribution in [1.29, 1.82) is 0 Å². The zero-order valence-electron chi connectivity index (χ0n) is 30.6. The lowest BCUT2D eigenvalue weighted by Gasteiger charge is -2.24. The van der Waals surface area contributed by atoms with Crippen molar-refractivity contribution in [3.63, 3.8) is 0 Å². The van der Waals surface area contributed by atoms with Gasteiger partial charge in [0.2, 0.25) is 11.8 Å². The first-order valence-corrected chi connectivity index (χ1v) is 18.8. The summed E-state index contributed by atoms with van der Waals surface area (Å²) < 4.78 is 55.0. The third-order valence-electron chi connectivity index (χ3n) is 10.8. The molecule has 4 N–H and O–H groups in total. The molecule has 10 nitrogen and oxygen atoms in total. The highest BCUT2D eigenvalue weighted by Gasteiger charge is 2.37. The lowest BCUT2D eigenvalue weighted by atomic mass is 9.94. The van der Waals surface area contributed by atoms with E-state index in [2.05, 4.69) is 16.0 Å². The molecule has 14 heteroatoms. The molecule has 0 unspecified atom stereocenters. The Morgan fingerprint density at radius 2 is 1.78 bits per heavy atom. The van der Waals surface area contributed by atoms with Crippen LogP contribution in [0.2, 0.25) is 5.02 Å². The standard InChI is InChI=1S/C41H43ClF3N5O5/c1-54-36-18-35(32(41(43,44)45)17-25(36)22-50-16-15-24(21-50)40(52)53)48-33-13-11-28-27(5-3-6-29(28)33)30-7-4-8-31(38(30)42)34-12-9-23(39(49-34)55-2)19-46-20-26-10-14-37(51)47-26/h3-9,12,17-18,24,26,33,46,48H,10-11,13-16,19-22H2,1-2H3,(H,47,51)(H,52,53)/t24-,26-,33-/m0/s1. The van der Waals surface area contributed by atoms with Gasteiger partial charge in [-0.05, 0) is 61.1 Å². The molecule has 290 valence electrons. The predicted octanol–water partition coefficient (Wildman–Crippen LogP) is 7.48. The summed E-state index contributed by atoms with van der Waals surface area (Å²) in [6, 6.07) is 17.6. The Kier molecular flexibility index (Phi) is 11.2. The summed E-state index contributed by atoms with van der Waals surface area (Å²) in [6.07, 6.45) is -1.66. The number of benzene rings is 3. The fourth-order valence-electron chi connectivity index (χ4n) is 8.04. The number of methoxy groups -OCH3 is 2. The second kappa shape index (κ2) is 16.1. The molecule has 2 saturated heterocycles. The molecule has 3 atom stereocenters. The van der Waals surface area contributed by atoms with Crippen molar-refractivity contribution in [3.8, 4) is 34.0 Å². The number of ether oxygens (including phenoxy) is 2. The van der Waals surface area contributed by atoms with Crippen LogP contribution in [0.15, 0.2) is 60.7 Å². The summed E-state index contributed by atoms with van der Waals surface area (Å²) in [4.78, 5) is 29.6. The Balaban J connectivity index is 1.12. The molecule has 1 amide bonds. The molecule has 0 bridgehead atoms. The van der Waals surface area contributed by atoms with Crippen LogP contribution < -0.4 is 25.4 Å². The van der Waals surface area contributed by atoms with Crippen LogP contribution in [0.25, 0.3) is 22.4 Å². The number of likely N-dealkylation sites (tertiary alicyclic amines) is 1. The van der Waals surface area contributed by atoms with E-state index >= 15 is 0 Å². The smallest absolute Gasteiger partial charge is 0.418 e. The molecule has 2 aliphatic heterocycles. The topological polar surface area (TPSA) is 125 Å². The molecule has 1 aromatic heterocycles. The van der Waals surface area contributed by atoms with Gasteiger partial charge in [-0.2, -0.15) is 13.2 Å². The molecule has 55 heavy (non-hydrogen) atoms. The number of amides is 1. The third-order valence-corrected chi connectivity index (χ3v) is 11.2. The first-order chi connectivity index (χ1) is 26.4. The van der Waals surface area contributed by atoms with Gasteiger partial charge in [0.25, 0.3) is 0 Å². The summed E-state index contributed by atoms with van der Waals surface area (Å²) in [6.45, 7) is 2.05. The van der Waals surface area contributed by atoms with Gasteiger partial charge in [0.1, 0.15) is 5.75 Å². The van der Waals surface area contributed by atoms with Crippen molar-refractivity contribution >= 4 is 29.2 Å². The highest BCUT2D eigenvalue weighted by Crippen LogP contribution is 2.46. The van der Waals surface area contributed by atoms with Crippen LogP contribution in [-0.2, 0) is 35.3 Å². The number of carbonyl (C=O) groups excluding carboxylic acids is 1. The number of carbonyl (C=O) groups is 2. The minimum Gasteiger partial charge on any atom is -0.496 e. The average molecular weight is 778 g/mol. The number of pyridine rings is 1. The number of alkyl halides is 3. The van der Waals surface area contributed by atoms with E-state index < -0.39 is 29.7 Å². The van der Waals surface area contributed by atoms with E-state index in [0.29, 0.717) is 78.8 Å². The fourth-order valence-corrected chi connectivity index (χ4v) is 8.36. The normalized spacial score (nSPS) is 19.7. The van der Waals surface area contributed by atoms with Crippen LogP contribution in [0.3, 0.4) is 0 Å². The Bertz CT molecular complexity index is 2100. The van der Waals surface area contributed by atoms with Gasteiger partial charge in [-0.25, -0.2) is 4.98 Å². The van der Waals surface area contributed by atoms with Crippen LogP contribution in [0, 0.1) is 5.92 Å². The van der Waals surface area contributed by atoms with Crippen LogP contribution in [0.1, 0.15) is 59.5 Å². The summed E-state index contributed by atoms with van der Waals surface area (Å²) in [5.41, 5.74) is 5.26. The number of aromatic nitrogens is 1. The first kappa shape index (κ1) is 38.4. The van der Waals surface area contributed by atoms with E-state index in [0.717, 1.165) is 40.3 Å². The average Bonchev–Trinajstić information content (AvgIpc) is 3.92. The quantitative estimate of drug-likeness (QED) is 0.109. The van der Waals surface area contributed by atoms with Crippen LogP contribution in [-0.4, -0.2) is 66.8 Å². The number of hydrogen-bond acceptors (Lipinski definition) is 8. The summed E-state index contributed by atoms with van der Waals surface area (Å²) in [5, 5.41) is 19.4. The number of fused-ring (bicyclic) bond motifs is 1. The van der Waals surface area contributed by atoms with Gasteiger partial charge in [-0.15, -0.1) is 0 Å². The van der Waals surface area contributed by atoms with E-state index in [4.69, 9.17) is 26.1 Å². The van der Waals surface area contributed by atoms with Crippen molar-refractivity contribution in [2.75, 3.05) is 39.2 Å². The molecule has 7 rings (SSSR count). The van der Waals surface area contributed by atoms with Crippen molar-refractivity contribution in [2.24, 2.45) is 5.92 Å². The van der Waals surface area contributed by atoms with Gasteiger partial charge >= 0.3 is 12.1 Å². The zero-order chi connectivity index (χ0) is 38.9. The molecule has 0 spiro atoms. The molecule has 2 fully saturated rings. The Morgan fingerprint density at radius 3 is 2.49 bits per heavy atom. The third kappa shape index (κ3) is 8.24. The van der Waals surface area contributed by atoms with Crippen molar-refractivity contribution in [1.82, 2.24) is 20.5 Å². The number of halogens is 4. The fraction of sp³-hybridized carbons (Fsp3) is 0.390. The van der Waals surface area contributed by atoms with E-state index in [-0.39, 0.29) is 30.7 Å². The lowest BCUT2D eigenvalue weighted by Crippen LogP contribution is -2.35. The van der Waals surface area contributed by atoms with Crippen LogP contribution >= 0.6 is 11.6 Å². The minimum absolute atomic E-state index is 0.0720. The first-order valence-electron chi connectivity index (χ1n) is 18.4. The van der Waals surface area contributed by atoms with Crippen LogP contribution in [0.5, 0.6) is 11.6 Å². The van der Waals surface area contributed by atoms with Gasteiger partial charge < -0.3 is 30.5 Å². The number of carboxylic acids is 1. The maximum absolute atomic E-state index is 14.6. The number of anilines is 1. The number of aliphatic carboxylic acids is 1. The zero-order valence-corrected chi connectivity index (χ0v) is 31.3. The van der Waals surface area contributed by atoms with E-state index in [1.807, 2.05) is 53.4 Å². The van der Waals surface area contributed by atoms with Crippen molar-refractivity contribution < 1.29 is 37.3 Å². The van der Waals surface area contributed by atoms with E-state index in [9.17, 15) is 27.9 Å². The molecule has 3 heterocycles. The Morgan fingerprint density at radius 1 is 1.00 bits per heavy atom. The van der Waals surface area contributed by atoms with Crippen molar-refractivity contribution in [2.45, 2.75) is 63.5 Å². The Labute approximate surface area is 322 Å². The Hall–Kier alpha value is -4.85. The van der Waals surface area contributed by atoms with Gasteiger partial charge in [0, 0.05) is 67.0 Å². The summed E-state index contributed by atoms with van der Waals surface area (Å²) in [7, 11) is 2.99. The molecular weight excluding hydrogens is 735 g/mol. The number of rotatable bonds is 13. The van der Waals surface area contributed by atoms with Crippen molar-refractivity contribution in [3.05, 3.63) is 93.5 Å². The monoisotopic (exact) mass is 777 g/mol. The second-order valence-corrected chi connectivity index (χ2v) is 14.7. The molecule has 0 radical (unpaired) electrons. The summed E-state index contributed by atoms with van der Waals surface area (Å²) >= 11 is 7.14. The number of nitrogens with one attached hydrogen (secondary N) is 3. The maximum atomic E-state index is 14.6. The number of carboxylic acid groups (broad SMARTS) is 1. The van der Waals surface area contributed by atoms with E-state index in [1.54, 1.807) is 7.11 Å². The summed E-state index contributed by atoms with van der Waals surface area (Å²) in [5.74, 6) is -0.609. The predicted molar refractivity (Wildman–Crippen MR) is 203 cm³/mol. The van der Waals surface area contributed by atoms with E-state index in [1.165, 1.54) is 13.2 Å². The SMILES string of the molecule is COc1cc(N[C@H]2CCc3c(-c4cccc(-c5ccc(CNC[C@@H]6CCC(=O)N6)c(OC)n5)c4Cl)cccc32)c(C(F)(F)F)cc1CN1CC[C@H](C(=O)O)C1. The van der Waals surface area contributed by atoms with Crippen LogP contribution in [0.4, 0.5) is 18.9 Å².